The first-order valence-corrected chi connectivity index (χ1v) is 10.7. The van der Waals surface area contributed by atoms with Gasteiger partial charge in [-0.2, -0.15) is 4.37 Å². The molecule has 0 aliphatic carbocycles. The summed E-state index contributed by atoms with van der Waals surface area (Å²) in [6.45, 7) is 1.91. The zero-order valence-electron chi connectivity index (χ0n) is 16.2. The number of aryl methyl sites for hydroxylation is 1. The molecule has 2 aromatic carbocycles. The van der Waals surface area contributed by atoms with Crippen LogP contribution in [0.5, 0.6) is 23.0 Å². The summed E-state index contributed by atoms with van der Waals surface area (Å²) >= 11 is 1.27. The molecule has 0 fully saturated rings. The smallest absolute Gasteiger partial charge is 0.493 e. The Morgan fingerprint density at radius 2 is 1.62 bits per heavy atom. The summed E-state index contributed by atoms with van der Waals surface area (Å²) in [5.74, 6) is 1.39. The number of hydrogen-bond donors (Lipinski definition) is 2. The van der Waals surface area contributed by atoms with Crippen LogP contribution in [0.15, 0.2) is 35.7 Å². The van der Waals surface area contributed by atoms with Gasteiger partial charge in [0, 0.05) is 16.5 Å². The summed E-state index contributed by atoms with van der Waals surface area (Å²) in [5, 5.41) is 1.85. The number of benzene rings is 2. The molecular weight excluding hydrogens is 417 g/mol. The van der Waals surface area contributed by atoms with Gasteiger partial charge in [-0.25, -0.2) is 4.57 Å². The molecular formula is C19H20NO7PS. The number of methoxy groups -OCH3 is 3. The van der Waals surface area contributed by atoms with Crippen molar-refractivity contribution in [1.82, 2.24) is 4.37 Å². The SMILES string of the molecule is COc1ccc(-c2csnc2-c2cc(C)c(OC)c(OC)c2)cc1OP(=O)(O)O. The molecule has 154 valence electrons. The average Bonchev–Trinajstić information content (AvgIpc) is 3.15. The van der Waals surface area contributed by atoms with Crippen LogP contribution in [0.3, 0.4) is 0 Å². The molecule has 0 atom stereocenters. The molecule has 0 saturated heterocycles. The number of nitrogens with zero attached hydrogens (tertiary/aromatic N) is 1. The predicted molar refractivity (Wildman–Crippen MR) is 110 cm³/mol. The first-order valence-electron chi connectivity index (χ1n) is 8.38. The van der Waals surface area contributed by atoms with Crippen LogP contribution in [-0.2, 0) is 4.57 Å². The quantitative estimate of drug-likeness (QED) is 0.528. The van der Waals surface area contributed by atoms with Crippen molar-refractivity contribution >= 4 is 19.4 Å². The fourth-order valence-electron chi connectivity index (χ4n) is 2.98. The third-order valence-corrected chi connectivity index (χ3v) is 5.26. The van der Waals surface area contributed by atoms with Crippen molar-refractivity contribution in [2.45, 2.75) is 6.92 Å². The number of rotatable bonds is 7. The van der Waals surface area contributed by atoms with Crippen LogP contribution >= 0.6 is 19.4 Å². The van der Waals surface area contributed by atoms with Gasteiger partial charge in [0.15, 0.2) is 23.0 Å². The van der Waals surface area contributed by atoms with Gasteiger partial charge >= 0.3 is 7.82 Å². The molecule has 0 radical (unpaired) electrons. The van der Waals surface area contributed by atoms with Crippen LogP contribution in [-0.4, -0.2) is 35.5 Å². The van der Waals surface area contributed by atoms with E-state index in [-0.39, 0.29) is 11.5 Å². The number of phosphoric ester groups is 1. The Bertz CT molecular complexity index is 1080. The molecule has 1 heterocycles. The van der Waals surface area contributed by atoms with Gasteiger partial charge in [0.25, 0.3) is 0 Å². The Kier molecular flexibility index (Phi) is 6.14. The second kappa shape index (κ2) is 8.42. The molecule has 1 aromatic heterocycles. The summed E-state index contributed by atoms with van der Waals surface area (Å²) in [5.41, 5.74) is 3.86. The van der Waals surface area contributed by atoms with E-state index in [2.05, 4.69) is 4.37 Å². The van der Waals surface area contributed by atoms with Gasteiger partial charge in [0.05, 0.1) is 27.0 Å². The third kappa shape index (κ3) is 4.54. The minimum atomic E-state index is -4.74. The van der Waals surface area contributed by atoms with Gasteiger partial charge < -0.3 is 18.7 Å². The van der Waals surface area contributed by atoms with E-state index in [0.717, 1.165) is 16.7 Å². The lowest BCUT2D eigenvalue weighted by atomic mass is 9.99. The largest absolute Gasteiger partial charge is 0.524 e. The highest BCUT2D eigenvalue weighted by molar-refractivity contribution is 7.46. The van der Waals surface area contributed by atoms with Crippen molar-refractivity contribution in [1.29, 1.82) is 0 Å². The number of hydrogen-bond acceptors (Lipinski definition) is 7. The lowest BCUT2D eigenvalue weighted by Gasteiger charge is -2.14. The Morgan fingerprint density at radius 3 is 2.24 bits per heavy atom. The van der Waals surface area contributed by atoms with Crippen molar-refractivity contribution in [3.8, 4) is 45.4 Å². The van der Waals surface area contributed by atoms with Crippen molar-refractivity contribution in [2.75, 3.05) is 21.3 Å². The molecule has 3 rings (SSSR count). The lowest BCUT2D eigenvalue weighted by Crippen LogP contribution is -1.96. The Labute approximate surface area is 172 Å². The summed E-state index contributed by atoms with van der Waals surface area (Å²) in [6.07, 6.45) is 0. The van der Waals surface area contributed by atoms with E-state index >= 15 is 0 Å². The molecule has 0 unspecified atom stereocenters. The standard InChI is InChI=1S/C19H20NO7PS/c1-11-7-13(9-17(25-3)19(11)26-4)18-14(10-29-20-18)12-5-6-15(24-2)16(8-12)27-28(21,22)23/h5-10H,1-4H3,(H2,21,22,23). The third-order valence-electron chi connectivity index (χ3n) is 4.20. The van der Waals surface area contributed by atoms with Gasteiger partial charge in [-0.1, -0.05) is 6.07 Å². The van der Waals surface area contributed by atoms with Crippen molar-refractivity contribution in [3.63, 3.8) is 0 Å². The van der Waals surface area contributed by atoms with Gasteiger partial charge in [-0.05, 0) is 53.8 Å². The molecule has 0 amide bonds. The van der Waals surface area contributed by atoms with Crippen LogP contribution in [0.25, 0.3) is 22.4 Å². The second-order valence-corrected chi connectivity index (χ2v) is 7.85. The Morgan fingerprint density at radius 1 is 0.931 bits per heavy atom. The van der Waals surface area contributed by atoms with Gasteiger partial charge in [-0.15, -0.1) is 0 Å². The highest BCUT2D eigenvalue weighted by atomic mass is 32.1. The maximum Gasteiger partial charge on any atom is 0.524 e. The first-order chi connectivity index (χ1) is 13.8. The van der Waals surface area contributed by atoms with Gasteiger partial charge in [0.1, 0.15) is 0 Å². The van der Waals surface area contributed by atoms with Gasteiger partial charge in [0.2, 0.25) is 0 Å². The van der Waals surface area contributed by atoms with E-state index in [4.69, 9.17) is 18.7 Å². The highest BCUT2D eigenvalue weighted by Gasteiger charge is 2.21. The van der Waals surface area contributed by atoms with Gasteiger partial charge in [-0.3, -0.25) is 9.79 Å². The fraction of sp³-hybridized carbons (Fsp3) is 0.211. The summed E-state index contributed by atoms with van der Waals surface area (Å²) in [4.78, 5) is 18.4. The highest BCUT2D eigenvalue weighted by Crippen LogP contribution is 2.45. The summed E-state index contributed by atoms with van der Waals surface area (Å²) < 4.78 is 36.6. The monoisotopic (exact) mass is 437 g/mol. The maximum absolute atomic E-state index is 11.3. The Balaban J connectivity index is 2.11. The van der Waals surface area contributed by atoms with E-state index in [1.807, 2.05) is 24.4 Å². The molecule has 0 saturated carbocycles. The zero-order valence-corrected chi connectivity index (χ0v) is 17.9. The summed E-state index contributed by atoms with van der Waals surface area (Å²) in [7, 11) is -0.200. The van der Waals surface area contributed by atoms with E-state index in [9.17, 15) is 14.4 Å². The molecule has 0 spiro atoms. The van der Waals surface area contributed by atoms with E-state index in [0.29, 0.717) is 22.8 Å². The molecule has 29 heavy (non-hydrogen) atoms. The fourth-order valence-corrected chi connectivity index (χ4v) is 4.10. The predicted octanol–water partition coefficient (Wildman–Crippen LogP) is 4.28. The summed E-state index contributed by atoms with van der Waals surface area (Å²) in [6, 6.07) is 8.64. The zero-order chi connectivity index (χ0) is 21.2. The molecule has 8 nitrogen and oxygen atoms in total. The number of aromatic nitrogens is 1. The second-order valence-electron chi connectivity index (χ2n) is 6.05. The molecule has 3 aromatic rings. The molecule has 0 aliphatic heterocycles. The maximum atomic E-state index is 11.3. The Hall–Kier alpha value is -2.58. The average molecular weight is 437 g/mol. The van der Waals surface area contributed by atoms with Crippen LogP contribution < -0.4 is 18.7 Å². The van der Waals surface area contributed by atoms with Crippen molar-refractivity contribution in [2.24, 2.45) is 0 Å². The molecule has 10 heteroatoms. The van der Waals surface area contributed by atoms with Crippen molar-refractivity contribution < 1.29 is 33.1 Å². The first kappa shape index (κ1) is 21.1. The molecule has 0 aliphatic rings. The minimum absolute atomic E-state index is 0.0565. The lowest BCUT2D eigenvalue weighted by molar-refractivity contribution is 0.276. The number of ether oxygens (including phenoxy) is 3. The van der Waals surface area contributed by atoms with E-state index in [1.165, 1.54) is 24.7 Å². The van der Waals surface area contributed by atoms with Crippen LogP contribution in [0.1, 0.15) is 5.56 Å². The van der Waals surface area contributed by atoms with Crippen molar-refractivity contribution in [3.05, 3.63) is 41.3 Å². The van der Waals surface area contributed by atoms with E-state index in [1.54, 1.807) is 26.4 Å². The topological polar surface area (TPSA) is 107 Å². The number of phosphoric acid groups is 1. The van der Waals surface area contributed by atoms with Crippen LogP contribution in [0.2, 0.25) is 0 Å². The molecule has 0 bridgehead atoms. The normalized spacial score (nSPS) is 11.2. The molecule has 2 N–H and O–H groups in total. The van der Waals surface area contributed by atoms with Crippen LogP contribution in [0.4, 0.5) is 0 Å². The van der Waals surface area contributed by atoms with E-state index < -0.39 is 7.82 Å². The minimum Gasteiger partial charge on any atom is -0.493 e. The van der Waals surface area contributed by atoms with Crippen LogP contribution in [0, 0.1) is 6.92 Å².